The molecule has 9 heteroatoms. The maximum atomic E-state index is 13.2. The van der Waals surface area contributed by atoms with Crippen molar-refractivity contribution in [2.24, 2.45) is 0 Å². The van der Waals surface area contributed by atoms with Crippen molar-refractivity contribution in [3.63, 3.8) is 0 Å². The normalized spacial score (nSPS) is 15.0. The molecule has 0 atom stereocenters. The van der Waals surface area contributed by atoms with Crippen LogP contribution >= 0.6 is 11.8 Å². The van der Waals surface area contributed by atoms with Crippen molar-refractivity contribution in [2.75, 3.05) is 5.32 Å². The van der Waals surface area contributed by atoms with Gasteiger partial charge in [0.25, 0.3) is 0 Å². The summed E-state index contributed by atoms with van der Waals surface area (Å²) in [5.41, 5.74) is 0.406. The molecule has 2 N–H and O–H groups in total. The average molecular weight is 461 g/mol. The molecule has 2 amide bonds. The van der Waals surface area contributed by atoms with Gasteiger partial charge < -0.3 is 5.32 Å². The van der Waals surface area contributed by atoms with E-state index in [0.717, 1.165) is 49.1 Å². The Bertz CT molecular complexity index is 1100. The average Bonchev–Trinajstić information content (AvgIpc) is 2.78. The summed E-state index contributed by atoms with van der Waals surface area (Å²) in [4.78, 5) is 20.7. The minimum absolute atomic E-state index is 0.0691. The Labute approximate surface area is 188 Å². The number of halogens is 3. The Morgan fingerprint density at radius 2 is 1.78 bits per heavy atom. The number of para-hydroxylation sites is 1. The van der Waals surface area contributed by atoms with Gasteiger partial charge in [-0.1, -0.05) is 43.5 Å². The van der Waals surface area contributed by atoms with Gasteiger partial charge in [0.2, 0.25) is 0 Å². The Morgan fingerprint density at radius 1 is 1.00 bits per heavy atom. The summed E-state index contributed by atoms with van der Waals surface area (Å²) >= 11 is 1.38. The summed E-state index contributed by atoms with van der Waals surface area (Å²) in [7, 11) is 0. The van der Waals surface area contributed by atoms with Gasteiger partial charge in [-0.2, -0.15) is 13.2 Å². The van der Waals surface area contributed by atoms with E-state index < -0.39 is 17.9 Å². The number of benzene rings is 1. The van der Waals surface area contributed by atoms with E-state index in [1.54, 1.807) is 6.07 Å². The van der Waals surface area contributed by atoms with Gasteiger partial charge in [-0.15, -0.1) is 11.8 Å². The number of nitrogens with one attached hydrogen (secondary N) is 2. The van der Waals surface area contributed by atoms with Gasteiger partial charge in [0.05, 0.1) is 5.52 Å². The van der Waals surface area contributed by atoms with Crippen molar-refractivity contribution in [3.05, 3.63) is 59.8 Å². The van der Waals surface area contributed by atoms with Gasteiger partial charge in [0, 0.05) is 22.7 Å². The van der Waals surface area contributed by atoms with E-state index in [9.17, 15) is 18.0 Å². The Kier molecular flexibility index (Phi) is 6.83. The molecule has 1 fully saturated rings. The number of aromatic nitrogens is 2. The zero-order valence-corrected chi connectivity index (χ0v) is 18.1. The predicted octanol–water partition coefficient (Wildman–Crippen LogP) is 6.40. The van der Waals surface area contributed by atoms with Crippen molar-refractivity contribution in [1.29, 1.82) is 0 Å². The first-order valence-corrected chi connectivity index (χ1v) is 11.4. The number of anilines is 1. The molecule has 2 aromatic heterocycles. The van der Waals surface area contributed by atoms with Crippen LogP contribution < -0.4 is 10.6 Å². The smallest absolute Gasteiger partial charge is 0.334 e. The zero-order valence-electron chi connectivity index (χ0n) is 17.3. The van der Waals surface area contributed by atoms with Crippen molar-refractivity contribution >= 4 is 34.5 Å². The molecule has 3 aromatic rings. The number of thioether (sulfide) groups is 1. The van der Waals surface area contributed by atoms with E-state index in [0.29, 0.717) is 16.4 Å². The summed E-state index contributed by atoms with van der Waals surface area (Å²) in [6, 6.07) is 13.0. The second-order valence-electron chi connectivity index (χ2n) is 7.73. The van der Waals surface area contributed by atoms with E-state index >= 15 is 0 Å². The van der Waals surface area contributed by atoms with Gasteiger partial charge >= 0.3 is 12.2 Å². The number of urea groups is 1. The van der Waals surface area contributed by atoms with Crippen molar-refractivity contribution in [2.45, 2.75) is 55.1 Å². The lowest BCUT2D eigenvalue weighted by atomic mass is 10.0. The third-order valence-electron chi connectivity index (χ3n) is 5.34. The SMILES string of the molecule is O=C(NCc1ccc(C(F)(F)F)nc1SC1CCCCC1)Nc1ccc2ccccc2n1. The van der Waals surface area contributed by atoms with E-state index in [-0.39, 0.29) is 11.8 Å². The fourth-order valence-corrected chi connectivity index (χ4v) is 5.00. The molecule has 5 nitrogen and oxygen atoms in total. The van der Waals surface area contributed by atoms with Gasteiger partial charge in [0.1, 0.15) is 16.5 Å². The van der Waals surface area contributed by atoms with Crippen LogP contribution in [0.25, 0.3) is 10.9 Å². The topological polar surface area (TPSA) is 66.9 Å². The highest BCUT2D eigenvalue weighted by Gasteiger charge is 2.33. The van der Waals surface area contributed by atoms with Gasteiger partial charge in [0.15, 0.2) is 0 Å². The van der Waals surface area contributed by atoms with Crippen molar-refractivity contribution in [1.82, 2.24) is 15.3 Å². The number of rotatable bonds is 5. The highest BCUT2D eigenvalue weighted by molar-refractivity contribution is 7.99. The number of fused-ring (bicyclic) bond motifs is 1. The molecule has 32 heavy (non-hydrogen) atoms. The first kappa shape index (κ1) is 22.4. The lowest BCUT2D eigenvalue weighted by Gasteiger charge is -2.22. The van der Waals surface area contributed by atoms with Crippen LogP contribution in [0.15, 0.2) is 53.6 Å². The molecule has 1 saturated carbocycles. The van der Waals surface area contributed by atoms with Crippen molar-refractivity contribution in [3.8, 4) is 0 Å². The molecular weight excluding hydrogens is 437 g/mol. The Morgan fingerprint density at radius 3 is 2.56 bits per heavy atom. The van der Waals surface area contributed by atoms with Gasteiger partial charge in [-0.25, -0.2) is 14.8 Å². The predicted molar refractivity (Wildman–Crippen MR) is 120 cm³/mol. The molecule has 0 bridgehead atoms. The maximum absolute atomic E-state index is 13.2. The van der Waals surface area contributed by atoms with Crippen LogP contribution in [0.4, 0.5) is 23.8 Å². The zero-order chi connectivity index (χ0) is 22.6. The van der Waals surface area contributed by atoms with Crippen LogP contribution in [0.1, 0.15) is 43.4 Å². The Hall–Kier alpha value is -2.81. The second-order valence-corrected chi connectivity index (χ2v) is 9.02. The molecule has 0 unspecified atom stereocenters. The minimum Gasteiger partial charge on any atom is -0.334 e. The number of pyridine rings is 2. The molecular formula is C23H23F3N4OS. The second kappa shape index (κ2) is 9.77. The standard InChI is InChI=1S/C23H23F3N4OS/c24-23(25,26)19-12-10-16(21(29-19)32-17-7-2-1-3-8-17)14-27-22(31)30-20-13-11-15-6-4-5-9-18(15)28-20/h4-6,9-13,17H,1-3,7-8,14H2,(H2,27,28,30,31). The summed E-state index contributed by atoms with van der Waals surface area (Å²) in [5, 5.41) is 6.91. The summed E-state index contributed by atoms with van der Waals surface area (Å²) in [5.74, 6) is 0.392. The minimum atomic E-state index is -4.51. The van der Waals surface area contributed by atoms with Crippen LogP contribution in [0.3, 0.4) is 0 Å². The lowest BCUT2D eigenvalue weighted by molar-refractivity contribution is -0.141. The fraction of sp³-hybridized carbons (Fsp3) is 0.348. The molecule has 1 aliphatic rings. The quantitative estimate of drug-likeness (QED) is 0.463. The molecule has 0 spiro atoms. The van der Waals surface area contributed by atoms with E-state index in [1.165, 1.54) is 17.8 Å². The first-order chi connectivity index (χ1) is 15.4. The molecule has 0 radical (unpaired) electrons. The highest BCUT2D eigenvalue weighted by Crippen LogP contribution is 2.36. The van der Waals surface area contributed by atoms with E-state index in [2.05, 4.69) is 20.6 Å². The van der Waals surface area contributed by atoms with Crippen LogP contribution in [-0.4, -0.2) is 21.2 Å². The maximum Gasteiger partial charge on any atom is 0.433 e. The van der Waals surface area contributed by atoms with Crippen LogP contribution in [0.5, 0.6) is 0 Å². The van der Waals surface area contributed by atoms with Crippen molar-refractivity contribution < 1.29 is 18.0 Å². The largest absolute Gasteiger partial charge is 0.433 e. The van der Waals surface area contributed by atoms with E-state index in [1.807, 2.05) is 30.3 Å². The third-order valence-corrected chi connectivity index (χ3v) is 6.72. The number of hydrogen-bond acceptors (Lipinski definition) is 4. The fourth-order valence-electron chi connectivity index (χ4n) is 3.68. The molecule has 1 aromatic carbocycles. The van der Waals surface area contributed by atoms with E-state index in [4.69, 9.17) is 0 Å². The number of alkyl halides is 3. The first-order valence-electron chi connectivity index (χ1n) is 10.5. The monoisotopic (exact) mass is 460 g/mol. The summed E-state index contributed by atoms with van der Waals surface area (Å²) < 4.78 is 39.6. The molecule has 168 valence electrons. The molecule has 0 aliphatic heterocycles. The summed E-state index contributed by atoms with van der Waals surface area (Å²) in [6.45, 7) is 0.0691. The molecule has 1 aliphatic carbocycles. The summed E-state index contributed by atoms with van der Waals surface area (Å²) in [6.07, 6.45) is 0.724. The number of carbonyl (C=O) groups excluding carboxylic acids is 1. The third kappa shape index (κ3) is 5.70. The van der Waals surface area contributed by atoms with Gasteiger partial charge in [-0.3, -0.25) is 5.32 Å². The highest BCUT2D eigenvalue weighted by atomic mass is 32.2. The van der Waals surface area contributed by atoms with Crippen LogP contribution in [-0.2, 0) is 12.7 Å². The molecule has 0 saturated heterocycles. The number of amides is 2. The van der Waals surface area contributed by atoms with Crippen LogP contribution in [0.2, 0.25) is 0 Å². The number of hydrogen-bond donors (Lipinski definition) is 2. The number of nitrogens with zero attached hydrogens (tertiary/aromatic N) is 2. The molecule has 4 rings (SSSR count). The lowest BCUT2D eigenvalue weighted by Crippen LogP contribution is -2.29. The number of carbonyl (C=O) groups is 1. The Balaban J connectivity index is 1.45. The van der Waals surface area contributed by atoms with Gasteiger partial charge in [-0.05, 0) is 37.1 Å². The molecule has 2 heterocycles. The van der Waals surface area contributed by atoms with Crippen LogP contribution in [0, 0.1) is 0 Å².